The molecule has 0 aliphatic rings. The van der Waals surface area contributed by atoms with Gasteiger partial charge in [0.1, 0.15) is 5.75 Å². The molecule has 140 valence electrons. The second-order valence-electron chi connectivity index (χ2n) is 5.75. The minimum absolute atomic E-state index is 0.145. The van der Waals surface area contributed by atoms with Crippen molar-refractivity contribution in [3.05, 3.63) is 53.8 Å². The van der Waals surface area contributed by atoms with Crippen molar-refractivity contribution in [2.45, 2.75) is 20.4 Å². The van der Waals surface area contributed by atoms with Crippen molar-refractivity contribution in [3.63, 3.8) is 0 Å². The highest BCUT2D eigenvalue weighted by Gasteiger charge is 2.13. The van der Waals surface area contributed by atoms with Gasteiger partial charge in [-0.3, -0.25) is 9.69 Å². The molecule has 2 rings (SSSR count). The van der Waals surface area contributed by atoms with E-state index in [0.29, 0.717) is 31.1 Å². The van der Waals surface area contributed by atoms with Crippen LogP contribution in [0.4, 0.5) is 10.1 Å². The Hall–Kier alpha value is -2.60. The number of anilines is 1. The van der Waals surface area contributed by atoms with Gasteiger partial charge in [0.2, 0.25) is 5.91 Å². The summed E-state index contributed by atoms with van der Waals surface area (Å²) in [7, 11) is 1.43. The molecule has 0 saturated carbocycles. The number of ether oxygens (including phenoxy) is 2. The van der Waals surface area contributed by atoms with Gasteiger partial charge in [-0.25, -0.2) is 4.39 Å². The van der Waals surface area contributed by atoms with E-state index in [1.807, 2.05) is 36.9 Å². The molecule has 0 bridgehead atoms. The fraction of sp³-hybridized carbons (Fsp3) is 0.350. The van der Waals surface area contributed by atoms with Crippen LogP contribution < -0.4 is 14.8 Å². The van der Waals surface area contributed by atoms with Crippen LogP contribution in [-0.4, -0.2) is 37.6 Å². The third kappa shape index (κ3) is 5.46. The maximum absolute atomic E-state index is 13.8. The summed E-state index contributed by atoms with van der Waals surface area (Å²) >= 11 is 0. The van der Waals surface area contributed by atoms with Crippen LogP contribution in [0.25, 0.3) is 0 Å². The van der Waals surface area contributed by atoms with E-state index in [2.05, 4.69) is 5.32 Å². The van der Waals surface area contributed by atoms with E-state index in [-0.39, 0.29) is 18.2 Å². The summed E-state index contributed by atoms with van der Waals surface area (Å²) in [6.45, 7) is 5.71. The molecule has 0 heterocycles. The normalized spacial score (nSPS) is 10.7. The van der Waals surface area contributed by atoms with Crippen molar-refractivity contribution in [2.24, 2.45) is 0 Å². The van der Waals surface area contributed by atoms with Gasteiger partial charge >= 0.3 is 0 Å². The molecule has 0 unspecified atom stereocenters. The molecule has 1 N–H and O–H groups in total. The number of hydrogen-bond acceptors (Lipinski definition) is 4. The Kier molecular flexibility index (Phi) is 7.41. The lowest BCUT2D eigenvalue weighted by molar-refractivity contribution is -0.117. The first-order valence-electron chi connectivity index (χ1n) is 8.63. The highest BCUT2D eigenvalue weighted by Crippen LogP contribution is 2.23. The van der Waals surface area contributed by atoms with Gasteiger partial charge in [0.05, 0.1) is 25.9 Å². The summed E-state index contributed by atoms with van der Waals surface area (Å²) in [5.74, 6) is 0.301. The molecular formula is C20H25FN2O3. The first-order chi connectivity index (χ1) is 12.6. The van der Waals surface area contributed by atoms with Crippen molar-refractivity contribution in [2.75, 3.05) is 32.1 Å². The number of benzene rings is 2. The number of amides is 1. The quantitative estimate of drug-likeness (QED) is 0.741. The van der Waals surface area contributed by atoms with E-state index < -0.39 is 5.82 Å². The summed E-state index contributed by atoms with van der Waals surface area (Å²) < 4.78 is 24.3. The van der Waals surface area contributed by atoms with Crippen LogP contribution in [0, 0.1) is 5.82 Å². The van der Waals surface area contributed by atoms with Crippen molar-refractivity contribution in [3.8, 4) is 11.5 Å². The molecule has 1 amide bonds. The number of para-hydroxylation sites is 2. The van der Waals surface area contributed by atoms with Gasteiger partial charge in [0.15, 0.2) is 11.6 Å². The maximum atomic E-state index is 13.8. The van der Waals surface area contributed by atoms with Crippen LogP contribution >= 0.6 is 0 Å². The number of nitrogens with one attached hydrogen (secondary N) is 1. The Balaban J connectivity index is 1.99. The molecule has 2 aromatic carbocycles. The van der Waals surface area contributed by atoms with Crippen molar-refractivity contribution >= 4 is 11.6 Å². The first kappa shape index (κ1) is 19.7. The Morgan fingerprint density at radius 1 is 1.15 bits per heavy atom. The number of nitrogens with zero attached hydrogens (tertiary/aromatic N) is 1. The molecule has 5 nitrogen and oxygen atoms in total. The van der Waals surface area contributed by atoms with E-state index in [0.717, 1.165) is 5.56 Å². The largest absolute Gasteiger partial charge is 0.494 e. The Morgan fingerprint density at radius 3 is 2.58 bits per heavy atom. The zero-order chi connectivity index (χ0) is 18.9. The number of methoxy groups -OCH3 is 1. The van der Waals surface area contributed by atoms with Crippen molar-refractivity contribution in [1.29, 1.82) is 0 Å². The van der Waals surface area contributed by atoms with E-state index in [9.17, 15) is 9.18 Å². The minimum atomic E-state index is -0.406. The lowest BCUT2D eigenvalue weighted by atomic mass is 10.2. The topological polar surface area (TPSA) is 50.8 Å². The maximum Gasteiger partial charge on any atom is 0.238 e. The first-order valence-corrected chi connectivity index (χ1v) is 8.63. The van der Waals surface area contributed by atoms with Crippen molar-refractivity contribution in [1.82, 2.24) is 4.90 Å². The second kappa shape index (κ2) is 9.77. The molecule has 0 radical (unpaired) electrons. The van der Waals surface area contributed by atoms with E-state index in [4.69, 9.17) is 9.47 Å². The fourth-order valence-electron chi connectivity index (χ4n) is 2.59. The standard InChI is InChI=1S/C20H25FN2O3/c1-4-23(13-15-10-11-18(25-3)16(21)12-15)14-20(24)22-17-8-6-7-9-19(17)26-5-2/h6-12H,4-5,13-14H2,1-3H3,(H,22,24). The fourth-order valence-corrected chi connectivity index (χ4v) is 2.59. The molecule has 6 heteroatoms. The van der Waals surface area contributed by atoms with Gasteiger partial charge in [0, 0.05) is 6.54 Å². The van der Waals surface area contributed by atoms with Crippen LogP contribution in [0.2, 0.25) is 0 Å². The molecule has 0 fully saturated rings. The molecule has 0 aliphatic carbocycles. The zero-order valence-electron chi connectivity index (χ0n) is 15.4. The average molecular weight is 360 g/mol. The van der Waals surface area contributed by atoms with E-state index in [1.54, 1.807) is 18.2 Å². The number of rotatable bonds is 9. The van der Waals surface area contributed by atoms with Crippen LogP contribution in [0.15, 0.2) is 42.5 Å². The second-order valence-corrected chi connectivity index (χ2v) is 5.75. The number of carbonyl (C=O) groups excluding carboxylic acids is 1. The predicted octanol–water partition coefficient (Wildman–Crippen LogP) is 3.69. The molecule has 2 aromatic rings. The number of hydrogen-bond donors (Lipinski definition) is 1. The monoisotopic (exact) mass is 360 g/mol. The van der Waals surface area contributed by atoms with E-state index >= 15 is 0 Å². The molecular weight excluding hydrogens is 335 g/mol. The molecule has 0 aliphatic heterocycles. The smallest absolute Gasteiger partial charge is 0.238 e. The summed E-state index contributed by atoms with van der Waals surface area (Å²) in [6.07, 6.45) is 0. The third-order valence-electron chi connectivity index (χ3n) is 3.90. The minimum Gasteiger partial charge on any atom is -0.494 e. The summed E-state index contributed by atoms with van der Waals surface area (Å²) in [4.78, 5) is 14.3. The van der Waals surface area contributed by atoms with Gasteiger partial charge < -0.3 is 14.8 Å². The van der Waals surface area contributed by atoms with Crippen LogP contribution in [-0.2, 0) is 11.3 Å². The third-order valence-corrected chi connectivity index (χ3v) is 3.90. The van der Waals surface area contributed by atoms with Gasteiger partial charge in [-0.1, -0.05) is 25.1 Å². The highest BCUT2D eigenvalue weighted by atomic mass is 19.1. The SMILES string of the molecule is CCOc1ccccc1NC(=O)CN(CC)Cc1ccc(OC)c(F)c1. The van der Waals surface area contributed by atoms with Gasteiger partial charge in [-0.05, 0) is 43.3 Å². The number of carbonyl (C=O) groups is 1. The van der Waals surface area contributed by atoms with Crippen LogP contribution in [0.1, 0.15) is 19.4 Å². The molecule has 26 heavy (non-hydrogen) atoms. The number of likely N-dealkylation sites (N-methyl/N-ethyl adjacent to an activating group) is 1. The number of halogens is 1. The van der Waals surface area contributed by atoms with Gasteiger partial charge in [0.25, 0.3) is 0 Å². The highest BCUT2D eigenvalue weighted by molar-refractivity contribution is 5.93. The zero-order valence-corrected chi connectivity index (χ0v) is 15.4. The predicted molar refractivity (Wildman–Crippen MR) is 100 cm³/mol. The average Bonchev–Trinajstić information content (AvgIpc) is 2.63. The van der Waals surface area contributed by atoms with Crippen LogP contribution in [0.5, 0.6) is 11.5 Å². The molecule has 0 atom stereocenters. The molecule has 0 spiro atoms. The van der Waals surface area contributed by atoms with Crippen molar-refractivity contribution < 1.29 is 18.7 Å². The molecule has 0 saturated heterocycles. The Morgan fingerprint density at radius 2 is 1.92 bits per heavy atom. The van der Waals surface area contributed by atoms with Crippen LogP contribution in [0.3, 0.4) is 0 Å². The molecule has 0 aromatic heterocycles. The Labute approximate surface area is 153 Å². The van der Waals surface area contributed by atoms with Gasteiger partial charge in [-0.15, -0.1) is 0 Å². The summed E-state index contributed by atoms with van der Waals surface area (Å²) in [5, 5.41) is 2.88. The van der Waals surface area contributed by atoms with Gasteiger partial charge in [-0.2, -0.15) is 0 Å². The Bertz CT molecular complexity index is 737. The summed E-state index contributed by atoms with van der Waals surface area (Å²) in [5.41, 5.74) is 1.43. The lowest BCUT2D eigenvalue weighted by Crippen LogP contribution is -2.32. The lowest BCUT2D eigenvalue weighted by Gasteiger charge is -2.20. The summed E-state index contributed by atoms with van der Waals surface area (Å²) in [6, 6.07) is 12.1. The van der Waals surface area contributed by atoms with E-state index in [1.165, 1.54) is 13.2 Å².